The number of thiocarbonyl (C=S) groups is 1. The smallest absolute Gasteiger partial charge is 0.166 e. The molecule has 0 aliphatic carbocycles. The third-order valence-electron chi connectivity index (χ3n) is 1.66. The number of likely N-dealkylation sites (N-methyl/N-ethyl adjacent to an activating group) is 1. The lowest BCUT2D eigenvalue weighted by atomic mass is 10.4. The second kappa shape index (κ2) is 9.18. The van der Waals surface area contributed by atoms with Gasteiger partial charge < -0.3 is 20.3 Å². The van der Waals surface area contributed by atoms with Crippen molar-refractivity contribution in [2.75, 3.05) is 47.4 Å². The van der Waals surface area contributed by atoms with Gasteiger partial charge in [0, 0.05) is 33.4 Å². The van der Waals surface area contributed by atoms with E-state index in [4.69, 9.17) is 17.0 Å². The fourth-order valence-corrected chi connectivity index (χ4v) is 1.08. The lowest BCUT2D eigenvalue weighted by Gasteiger charge is -2.13. The minimum Gasteiger partial charge on any atom is -0.385 e. The van der Waals surface area contributed by atoms with Crippen molar-refractivity contribution in [1.82, 2.24) is 15.5 Å². The number of nitrogens with one attached hydrogen (secondary N) is 2. The highest BCUT2D eigenvalue weighted by Gasteiger charge is 1.94. The van der Waals surface area contributed by atoms with Crippen LogP contribution >= 0.6 is 12.2 Å². The number of methoxy groups -OCH3 is 1. The second-order valence-electron chi connectivity index (χ2n) is 3.33. The van der Waals surface area contributed by atoms with E-state index in [9.17, 15) is 0 Å². The van der Waals surface area contributed by atoms with Crippen LogP contribution in [0.2, 0.25) is 0 Å². The van der Waals surface area contributed by atoms with Crippen molar-refractivity contribution < 1.29 is 4.74 Å². The van der Waals surface area contributed by atoms with E-state index in [1.165, 1.54) is 0 Å². The van der Waals surface area contributed by atoms with E-state index in [1.54, 1.807) is 7.11 Å². The van der Waals surface area contributed by atoms with Crippen molar-refractivity contribution in [2.45, 2.75) is 6.42 Å². The number of ether oxygens (including phenoxy) is 1. The molecule has 0 atom stereocenters. The van der Waals surface area contributed by atoms with Gasteiger partial charge >= 0.3 is 0 Å². The van der Waals surface area contributed by atoms with Gasteiger partial charge in [-0.25, -0.2) is 0 Å². The summed E-state index contributed by atoms with van der Waals surface area (Å²) in [4.78, 5) is 2.11. The zero-order chi connectivity index (χ0) is 10.8. The van der Waals surface area contributed by atoms with Crippen LogP contribution in [0.4, 0.5) is 0 Å². The average molecular weight is 219 g/mol. The SMILES string of the molecule is COCCCNC(=S)NCCN(C)C. The molecule has 0 aromatic heterocycles. The lowest BCUT2D eigenvalue weighted by molar-refractivity contribution is 0.195. The molecule has 0 saturated heterocycles. The van der Waals surface area contributed by atoms with Gasteiger partial charge in [0.15, 0.2) is 5.11 Å². The zero-order valence-electron chi connectivity index (χ0n) is 9.30. The zero-order valence-corrected chi connectivity index (χ0v) is 10.1. The molecule has 0 unspecified atom stereocenters. The van der Waals surface area contributed by atoms with E-state index in [0.717, 1.165) is 37.8 Å². The van der Waals surface area contributed by atoms with Gasteiger partial charge in [-0.1, -0.05) is 0 Å². The number of hydrogen-bond acceptors (Lipinski definition) is 3. The quantitative estimate of drug-likeness (QED) is 0.467. The molecule has 0 amide bonds. The van der Waals surface area contributed by atoms with Crippen LogP contribution in [0.5, 0.6) is 0 Å². The number of nitrogens with zero attached hydrogens (tertiary/aromatic N) is 1. The van der Waals surface area contributed by atoms with Gasteiger partial charge in [0.05, 0.1) is 0 Å². The minimum absolute atomic E-state index is 0.725. The molecule has 5 heteroatoms. The van der Waals surface area contributed by atoms with E-state index < -0.39 is 0 Å². The minimum atomic E-state index is 0.725. The molecule has 2 N–H and O–H groups in total. The molecule has 0 aliphatic heterocycles. The molecule has 0 radical (unpaired) electrons. The molecule has 84 valence electrons. The molecule has 0 aliphatic rings. The van der Waals surface area contributed by atoms with Gasteiger partial charge in [-0.15, -0.1) is 0 Å². The Labute approximate surface area is 92.0 Å². The van der Waals surface area contributed by atoms with Crippen LogP contribution in [0.15, 0.2) is 0 Å². The van der Waals surface area contributed by atoms with Crippen molar-refractivity contribution in [3.8, 4) is 0 Å². The van der Waals surface area contributed by atoms with Gasteiger partial charge in [0.1, 0.15) is 0 Å². The molecule has 0 aromatic carbocycles. The summed E-state index contributed by atoms with van der Waals surface area (Å²) in [5.74, 6) is 0. The van der Waals surface area contributed by atoms with Crippen molar-refractivity contribution in [3.05, 3.63) is 0 Å². The van der Waals surface area contributed by atoms with Crippen LogP contribution in [0.3, 0.4) is 0 Å². The van der Waals surface area contributed by atoms with Crippen LogP contribution < -0.4 is 10.6 Å². The highest BCUT2D eigenvalue weighted by Crippen LogP contribution is 1.78. The summed E-state index contributed by atoms with van der Waals surface area (Å²) in [6, 6.07) is 0. The van der Waals surface area contributed by atoms with Gasteiger partial charge in [-0.2, -0.15) is 0 Å². The summed E-state index contributed by atoms with van der Waals surface area (Å²) in [6.45, 7) is 3.50. The second-order valence-corrected chi connectivity index (χ2v) is 3.74. The molecule has 14 heavy (non-hydrogen) atoms. The van der Waals surface area contributed by atoms with E-state index in [-0.39, 0.29) is 0 Å². The highest BCUT2D eigenvalue weighted by atomic mass is 32.1. The van der Waals surface area contributed by atoms with Crippen LogP contribution in [-0.2, 0) is 4.74 Å². The maximum atomic E-state index is 5.07. The summed E-state index contributed by atoms with van der Waals surface area (Å²) in [5, 5.41) is 6.97. The summed E-state index contributed by atoms with van der Waals surface area (Å²) in [6.07, 6.45) is 0.978. The number of rotatable bonds is 7. The van der Waals surface area contributed by atoms with Crippen molar-refractivity contribution in [3.63, 3.8) is 0 Å². The fraction of sp³-hybridized carbons (Fsp3) is 0.889. The standard InChI is InChI=1S/C9H21N3OS/c1-12(2)7-6-11-9(14)10-5-4-8-13-3/h4-8H2,1-3H3,(H2,10,11,14). The summed E-state index contributed by atoms with van der Waals surface area (Å²) in [7, 11) is 5.78. The Morgan fingerprint density at radius 3 is 2.50 bits per heavy atom. The first-order valence-electron chi connectivity index (χ1n) is 4.82. The van der Waals surface area contributed by atoms with E-state index in [2.05, 4.69) is 15.5 Å². The molecule has 0 saturated carbocycles. The Hall–Kier alpha value is -0.390. The third-order valence-corrected chi connectivity index (χ3v) is 1.94. The Morgan fingerprint density at radius 1 is 1.29 bits per heavy atom. The van der Waals surface area contributed by atoms with Crippen LogP contribution in [-0.4, -0.2) is 57.5 Å². The molecule has 0 fully saturated rings. The molecule has 0 aromatic rings. The fourth-order valence-electron chi connectivity index (χ4n) is 0.874. The summed E-state index contributed by atoms with van der Waals surface area (Å²) in [5.41, 5.74) is 0. The number of hydrogen-bond donors (Lipinski definition) is 2. The maximum absolute atomic E-state index is 5.07. The molecule has 0 bridgehead atoms. The lowest BCUT2D eigenvalue weighted by Crippen LogP contribution is -2.39. The first-order chi connectivity index (χ1) is 6.66. The molecular formula is C9H21N3OS. The molecule has 0 rings (SSSR count). The highest BCUT2D eigenvalue weighted by molar-refractivity contribution is 7.80. The third kappa shape index (κ3) is 9.70. The van der Waals surface area contributed by atoms with Gasteiger partial charge in [0.25, 0.3) is 0 Å². The van der Waals surface area contributed by atoms with Crippen molar-refractivity contribution in [2.24, 2.45) is 0 Å². The topological polar surface area (TPSA) is 36.5 Å². The average Bonchev–Trinajstić information content (AvgIpc) is 2.12. The van der Waals surface area contributed by atoms with Crippen LogP contribution in [0.25, 0.3) is 0 Å². The predicted octanol–water partition coefficient (Wildman–Crippen LogP) is 0.0486. The normalized spacial score (nSPS) is 10.3. The van der Waals surface area contributed by atoms with Crippen molar-refractivity contribution in [1.29, 1.82) is 0 Å². The molecule has 0 spiro atoms. The van der Waals surface area contributed by atoms with Crippen LogP contribution in [0, 0.1) is 0 Å². The molecule has 0 heterocycles. The molecule has 4 nitrogen and oxygen atoms in total. The Kier molecular flexibility index (Phi) is 8.92. The van der Waals surface area contributed by atoms with Gasteiger partial charge in [-0.05, 0) is 32.7 Å². The Balaban J connectivity index is 3.20. The Morgan fingerprint density at radius 2 is 1.93 bits per heavy atom. The summed E-state index contributed by atoms with van der Waals surface area (Å²) >= 11 is 5.07. The van der Waals surface area contributed by atoms with Gasteiger partial charge in [-0.3, -0.25) is 0 Å². The van der Waals surface area contributed by atoms with E-state index in [0.29, 0.717) is 0 Å². The summed E-state index contributed by atoms with van der Waals surface area (Å²) < 4.78 is 4.93. The maximum Gasteiger partial charge on any atom is 0.166 e. The monoisotopic (exact) mass is 219 g/mol. The van der Waals surface area contributed by atoms with Crippen molar-refractivity contribution >= 4 is 17.3 Å². The van der Waals surface area contributed by atoms with Crippen LogP contribution in [0.1, 0.15) is 6.42 Å². The first-order valence-corrected chi connectivity index (χ1v) is 5.23. The van der Waals surface area contributed by atoms with Gasteiger partial charge in [0.2, 0.25) is 0 Å². The van der Waals surface area contributed by atoms with E-state index >= 15 is 0 Å². The van der Waals surface area contributed by atoms with E-state index in [1.807, 2.05) is 14.1 Å². The Bertz CT molecular complexity index is 153. The predicted molar refractivity (Wildman–Crippen MR) is 63.7 cm³/mol. The molecular weight excluding hydrogens is 198 g/mol. The first kappa shape index (κ1) is 13.6. The largest absolute Gasteiger partial charge is 0.385 e.